The first-order chi connectivity index (χ1) is 13.1. The van der Waals surface area contributed by atoms with Gasteiger partial charge in [-0.15, -0.1) is 0 Å². The molecule has 0 aliphatic carbocycles. The van der Waals surface area contributed by atoms with E-state index in [2.05, 4.69) is 22.8 Å². The zero-order valence-corrected chi connectivity index (χ0v) is 16.0. The lowest BCUT2D eigenvalue weighted by Crippen LogP contribution is -2.23. The summed E-state index contributed by atoms with van der Waals surface area (Å²) in [4.78, 5) is 24.4. The molecule has 5 nitrogen and oxygen atoms in total. The van der Waals surface area contributed by atoms with Gasteiger partial charge in [-0.3, -0.25) is 9.59 Å². The molecule has 3 rings (SSSR count). The van der Waals surface area contributed by atoms with Gasteiger partial charge in [-0.1, -0.05) is 68.1 Å². The zero-order chi connectivity index (χ0) is 19.2. The number of carbonyl (C=O) groups is 2. The minimum Gasteiger partial charge on any atom is -0.319 e. The van der Waals surface area contributed by atoms with Crippen molar-refractivity contribution >= 4 is 34.8 Å². The molecular weight excluding hydrogens is 362 g/mol. The van der Waals surface area contributed by atoms with E-state index < -0.39 is 0 Å². The Morgan fingerprint density at radius 3 is 2.63 bits per heavy atom. The molecule has 1 heterocycles. The fourth-order valence-electron chi connectivity index (χ4n) is 3.04. The highest BCUT2D eigenvalue weighted by atomic mass is 35.5. The van der Waals surface area contributed by atoms with Gasteiger partial charge in [0.1, 0.15) is 0 Å². The lowest BCUT2D eigenvalue weighted by atomic mass is 10.0. The molecule has 27 heavy (non-hydrogen) atoms. The van der Waals surface area contributed by atoms with Crippen LogP contribution >= 0.6 is 11.6 Å². The number of anilines is 1. The minimum absolute atomic E-state index is 0.161. The van der Waals surface area contributed by atoms with Crippen LogP contribution in [0.25, 0.3) is 0 Å². The van der Waals surface area contributed by atoms with E-state index >= 15 is 0 Å². The molecule has 0 saturated carbocycles. The first-order valence-corrected chi connectivity index (χ1v) is 9.55. The standard InChI is InChI=1S/C21H22ClN3O2/c1-2-3-4-6-9-14-12-13-16-18(17(14)22)23-21(27)19(16)24-25-20(26)15-10-7-5-8-11-15/h5,7-8,10-13H,2-4,6,9H2,1H3,(H,25,26)(H,23,24,27). The van der Waals surface area contributed by atoms with Crippen LogP contribution < -0.4 is 10.7 Å². The van der Waals surface area contributed by atoms with Gasteiger partial charge in [-0.05, 0) is 30.5 Å². The van der Waals surface area contributed by atoms with E-state index in [-0.39, 0.29) is 17.5 Å². The lowest BCUT2D eigenvalue weighted by Gasteiger charge is -2.08. The number of rotatable bonds is 7. The quantitative estimate of drug-likeness (QED) is 0.544. The van der Waals surface area contributed by atoms with Gasteiger partial charge >= 0.3 is 0 Å². The number of hydrogen-bond donors (Lipinski definition) is 2. The zero-order valence-electron chi connectivity index (χ0n) is 15.2. The second-order valence-electron chi connectivity index (χ2n) is 6.49. The molecule has 1 aliphatic heterocycles. The first kappa shape index (κ1) is 19.1. The van der Waals surface area contributed by atoms with Crippen molar-refractivity contribution in [2.75, 3.05) is 5.32 Å². The van der Waals surface area contributed by atoms with Crippen LogP contribution in [-0.2, 0) is 11.2 Å². The smallest absolute Gasteiger partial charge is 0.276 e. The monoisotopic (exact) mass is 383 g/mol. The first-order valence-electron chi connectivity index (χ1n) is 9.18. The molecule has 0 radical (unpaired) electrons. The Morgan fingerprint density at radius 2 is 1.89 bits per heavy atom. The average Bonchev–Trinajstić information content (AvgIpc) is 3.01. The lowest BCUT2D eigenvalue weighted by molar-refractivity contribution is -0.110. The number of amides is 2. The maximum absolute atomic E-state index is 12.3. The van der Waals surface area contributed by atoms with Gasteiger partial charge in [-0.25, -0.2) is 5.43 Å². The molecule has 1 aliphatic rings. The van der Waals surface area contributed by atoms with Crippen LogP contribution in [0.5, 0.6) is 0 Å². The summed E-state index contributed by atoms with van der Waals surface area (Å²) < 4.78 is 0. The van der Waals surface area contributed by atoms with E-state index in [1.165, 1.54) is 12.8 Å². The second-order valence-corrected chi connectivity index (χ2v) is 6.87. The molecule has 0 atom stereocenters. The molecular formula is C21H22ClN3O2. The van der Waals surface area contributed by atoms with Crippen LogP contribution in [0.15, 0.2) is 47.6 Å². The Bertz CT molecular complexity index is 878. The normalized spacial score (nSPS) is 14.1. The molecule has 2 aromatic rings. The fraction of sp³-hybridized carbons (Fsp3) is 0.286. The molecule has 2 N–H and O–H groups in total. The van der Waals surface area contributed by atoms with Gasteiger partial charge in [0.25, 0.3) is 11.8 Å². The topological polar surface area (TPSA) is 70.6 Å². The Labute approximate surface area is 163 Å². The van der Waals surface area contributed by atoms with E-state index in [1.54, 1.807) is 24.3 Å². The molecule has 0 fully saturated rings. The van der Waals surface area contributed by atoms with Crippen molar-refractivity contribution < 1.29 is 9.59 Å². The van der Waals surface area contributed by atoms with Crippen LogP contribution in [0.3, 0.4) is 0 Å². The van der Waals surface area contributed by atoms with Gasteiger partial charge in [0.2, 0.25) is 0 Å². The molecule has 2 amide bonds. The van der Waals surface area contributed by atoms with E-state index in [0.717, 1.165) is 24.8 Å². The van der Waals surface area contributed by atoms with Crippen LogP contribution in [0.4, 0.5) is 5.69 Å². The molecule has 140 valence electrons. The van der Waals surface area contributed by atoms with E-state index in [1.807, 2.05) is 18.2 Å². The number of aryl methyl sites for hydroxylation is 1. The summed E-state index contributed by atoms with van der Waals surface area (Å²) in [5.41, 5.74) is 5.27. The number of nitrogens with zero attached hydrogens (tertiary/aromatic N) is 1. The number of hydrogen-bond acceptors (Lipinski definition) is 3. The van der Waals surface area contributed by atoms with Crippen LogP contribution in [0.1, 0.15) is 54.1 Å². The van der Waals surface area contributed by atoms with Crippen molar-refractivity contribution in [3.05, 3.63) is 64.2 Å². The maximum atomic E-state index is 12.3. The Morgan fingerprint density at radius 1 is 1.11 bits per heavy atom. The Balaban J connectivity index is 1.76. The van der Waals surface area contributed by atoms with Crippen LogP contribution in [0, 0.1) is 0 Å². The predicted octanol–water partition coefficient (Wildman–Crippen LogP) is 4.55. The molecule has 6 heteroatoms. The van der Waals surface area contributed by atoms with Crippen molar-refractivity contribution in [3.8, 4) is 0 Å². The van der Waals surface area contributed by atoms with Crippen molar-refractivity contribution in [1.82, 2.24) is 5.43 Å². The summed E-state index contributed by atoms with van der Waals surface area (Å²) >= 11 is 6.50. The van der Waals surface area contributed by atoms with Crippen molar-refractivity contribution in [3.63, 3.8) is 0 Å². The highest BCUT2D eigenvalue weighted by Gasteiger charge is 2.29. The van der Waals surface area contributed by atoms with Crippen molar-refractivity contribution in [2.24, 2.45) is 5.10 Å². The van der Waals surface area contributed by atoms with Crippen LogP contribution in [0.2, 0.25) is 5.02 Å². The molecule has 0 unspecified atom stereocenters. The third-order valence-electron chi connectivity index (χ3n) is 4.54. The minimum atomic E-state index is -0.372. The fourth-order valence-corrected chi connectivity index (χ4v) is 3.35. The summed E-state index contributed by atoms with van der Waals surface area (Å²) in [6.07, 6.45) is 5.49. The summed E-state index contributed by atoms with van der Waals surface area (Å²) in [5, 5.41) is 7.35. The predicted molar refractivity (Wildman–Crippen MR) is 108 cm³/mol. The Kier molecular flexibility index (Phi) is 6.24. The van der Waals surface area contributed by atoms with E-state index in [0.29, 0.717) is 21.8 Å². The Hall–Kier alpha value is -2.66. The number of nitrogens with one attached hydrogen (secondary N) is 2. The van der Waals surface area contributed by atoms with Crippen molar-refractivity contribution in [1.29, 1.82) is 0 Å². The van der Waals surface area contributed by atoms with Gasteiger partial charge in [0, 0.05) is 11.1 Å². The molecule has 0 saturated heterocycles. The highest BCUT2D eigenvalue weighted by molar-refractivity contribution is 6.55. The molecule has 0 aromatic heterocycles. The van der Waals surface area contributed by atoms with E-state index in [4.69, 9.17) is 11.6 Å². The number of benzene rings is 2. The average molecular weight is 384 g/mol. The molecule has 0 bridgehead atoms. The van der Waals surface area contributed by atoms with Crippen LogP contribution in [-0.4, -0.2) is 17.5 Å². The van der Waals surface area contributed by atoms with Crippen molar-refractivity contribution in [2.45, 2.75) is 39.0 Å². The largest absolute Gasteiger partial charge is 0.319 e. The highest BCUT2D eigenvalue weighted by Crippen LogP contribution is 2.35. The third kappa shape index (κ3) is 4.37. The van der Waals surface area contributed by atoms with E-state index in [9.17, 15) is 9.59 Å². The van der Waals surface area contributed by atoms with Gasteiger partial charge in [0.15, 0.2) is 5.71 Å². The summed E-state index contributed by atoms with van der Waals surface area (Å²) in [6, 6.07) is 12.5. The number of carbonyl (C=O) groups excluding carboxylic acids is 2. The van der Waals surface area contributed by atoms with Gasteiger partial charge < -0.3 is 5.32 Å². The number of fused-ring (bicyclic) bond motifs is 1. The summed E-state index contributed by atoms with van der Waals surface area (Å²) in [7, 11) is 0. The van der Waals surface area contributed by atoms with Gasteiger partial charge in [-0.2, -0.15) is 5.10 Å². The number of unbranched alkanes of at least 4 members (excludes halogenated alkanes) is 3. The molecule has 0 spiro atoms. The number of hydrazone groups is 1. The number of halogens is 1. The second kappa shape index (κ2) is 8.82. The maximum Gasteiger partial charge on any atom is 0.276 e. The third-order valence-corrected chi connectivity index (χ3v) is 4.97. The molecule has 2 aromatic carbocycles. The summed E-state index contributed by atoms with van der Waals surface area (Å²) in [5.74, 6) is -0.744. The summed E-state index contributed by atoms with van der Waals surface area (Å²) in [6.45, 7) is 2.18. The SMILES string of the molecule is CCCCCCc1ccc2c(c1Cl)NC(=O)/C2=N\NC(=O)c1ccccc1. The van der Waals surface area contributed by atoms with Gasteiger partial charge in [0.05, 0.1) is 10.7 Å².